The quantitative estimate of drug-likeness (QED) is 0.268. The van der Waals surface area contributed by atoms with E-state index in [2.05, 4.69) is 20.9 Å². The highest BCUT2D eigenvalue weighted by molar-refractivity contribution is 9.08. The Bertz CT molecular complexity index is 847. The maximum Gasteiger partial charge on any atom is 0.359 e. The molecule has 0 amide bonds. The van der Waals surface area contributed by atoms with Crippen molar-refractivity contribution in [1.29, 1.82) is 0 Å². The van der Waals surface area contributed by atoms with E-state index in [0.29, 0.717) is 11.4 Å². The molecule has 27 heavy (non-hydrogen) atoms. The zero-order chi connectivity index (χ0) is 20.0. The van der Waals surface area contributed by atoms with Gasteiger partial charge in [-0.25, -0.2) is 14.6 Å². The molecule has 144 valence electrons. The fraction of sp³-hybridized carbons (Fsp3) is 0.353. The molecule has 0 fully saturated rings. The number of benzene rings is 1. The molecule has 9 nitrogen and oxygen atoms in total. The van der Waals surface area contributed by atoms with Crippen LogP contribution in [0, 0.1) is 10.1 Å². The highest BCUT2D eigenvalue weighted by Gasteiger charge is 2.29. The Kier molecular flexibility index (Phi) is 7.05. The second kappa shape index (κ2) is 9.26. The van der Waals surface area contributed by atoms with Gasteiger partial charge in [-0.1, -0.05) is 28.1 Å². The van der Waals surface area contributed by atoms with Crippen LogP contribution in [-0.2, 0) is 21.3 Å². The molecule has 0 aliphatic heterocycles. The monoisotopic (exact) mass is 439 g/mol. The lowest BCUT2D eigenvalue weighted by Gasteiger charge is -2.11. The predicted molar refractivity (Wildman–Crippen MR) is 99.0 cm³/mol. The molecule has 1 aromatic heterocycles. The summed E-state index contributed by atoms with van der Waals surface area (Å²) in [5, 5.41) is 11.1. The van der Waals surface area contributed by atoms with Crippen molar-refractivity contribution in [3.8, 4) is 0 Å². The van der Waals surface area contributed by atoms with Gasteiger partial charge in [-0.2, -0.15) is 0 Å². The van der Waals surface area contributed by atoms with Gasteiger partial charge in [0.15, 0.2) is 11.4 Å². The predicted octanol–water partition coefficient (Wildman–Crippen LogP) is 3.09. The molecule has 0 radical (unpaired) electrons. The number of halogens is 1. The smallest absolute Gasteiger partial charge is 0.359 e. The van der Waals surface area contributed by atoms with Crippen molar-refractivity contribution in [2.45, 2.75) is 25.7 Å². The number of esters is 2. The van der Waals surface area contributed by atoms with E-state index >= 15 is 0 Å². The summed E-state index contributed by atoms with van der Waals surface area (Å²) in [5.74, 6) is -0.980. The number of ether oxygens (including phenoxy) is 2. The second-order valence-electron chi connectivity index (χ2n) is 5.31. The van der Waals surface area contributed by atoms with E-state index in [-0.39, 0.29) is 42.2 Å². The molecule has 0 unspecified atom stereocenters. The van der Waals surface area contributed by atoms with E-state index < -0.39 is 16.9 Å². The van der Waals surface area contributed by atoms with Gasteiger partial charge in [0.1, 0.15) is 5.82 Å². The Labute approximate surface area is 163 Å². The molecule has 0 spiro atoms. The number of hydrogen-bond acceptors (Lipinski definition) is 7. The molecule has 1 aromatic carbocycles. The Morgan fingerprint density at radius 2 is 1.74 bits per heavy atom. The average molecular weight is 440 g/mol. The summed E-state index contributed by atoms with van der Waals surface area (Å²) in [7, 11) is 0. The first-order valence-corrected chi connectivity index (χ1v) is 9.27. The number of rotatable bonds is 8. The fourth-order valence-electron chi connectivity index (χ4n) is 2.43. The minimum atomic E-state index is -0.717. The van der Waals surface area contributed by atoms with Gasteiger partial charge in [-0.15, -0.1) is 0 Å². The van der Waals surface area contributed by atoms with E-state index in [4.69, 9.17) is 9.47 Å². The van der Waals surface area contributed by atoms with Crippen LogP contribution in [0.5, 0.6) is 0 Å². The minimum Gasteiger partial charge on any atom is -0.461 e. The maximum atomic E-state index is 12.5. The molecule has 0 saturated heterocycles. The number of alkyl halides is 1. The summed E-state index contributed by atoms with van der Waals surface area (Å²) >= 11 is 3.30. The van der Waals surface area contributed by atoms with Crippen molar-refractivity contribution in [3.05, 3.63) is 57.2 Å². The first-order chi connectivity index (χ1) is 12.9. The van der Waals surface area contributed by atoms with Gasteiger partial charge in [0, 0.05) is 18.7 Å². The van der Waals surface area contributed by atoms with Crippen LogP contribution < -0.4 is 0 Å². The van der Waals surface area contributed by atoms with Crippen LogP contribution in [-0.4, -0.2) is 39.6 Å². The van der Waals surface area contributed by atoms with Gasteiger partial charge < -0.3 is 14.0 Å². The van der Waals surface area contributed by atoms with Crippen molar-refractivity contribution in [1.82, 2.24) is 9.55 Å². The molecule has 0 bridgehead atoms. The topological polar surface area (TPSA) is 114 Å². The third-order valence-electron chi connectivity index (χ3n) is 3.59. The fourth-order valence-corrected chi connectivity index (χ4v) is 2.85. The number of carbonyl (C=O) groups excluding carboxylic acids is 2. The third-order valence-corrected chi connectivity index (χ3v) is 4.09. The van der Waals surface area contributed by atoms with Gasteiger partial charge in [0.2, 0.25) is 0 Å². The second-order valence-corrected chi connectivity index (χ2v) is 5.87. The Morgan fingerprint density at radius 3 is 2.26 bits per heavy atom. The molecule has 2 aromatic rings. The van der Waals surface area contributed by atoms with E-state index in [1.807, 2.05) is 0 Å². The van der Waals surface area contributed by atoms with Gasteiger partial charge in [0.25, 0.3) is 5.69 Å². The average Bonchev–Trinajstić information content (AvgIpc) is 3.01. The number of hydrogen-bond donors (Lipinski definition) is 0. The van der Waals surface area contributed by atoms with Crippen LogP contribution in [0.4, 0.5) is 5.69 Å². The molecule has 1 heterocycles. The normalized spacial score (nSPS) is 10.5. The summed E-state index contributed by atoms with van der Waals surface area (Å²) in [6.45, 7) is 3.76. The van der Waals surface area contributed by atoms with Crippen LogP contribution >= 0.6 is 15.9 Å². The standard InChI is InChI=1S/C17H18BrN3O6/c1-3-26-16(22)14-15(17(23)27-4-2)20(13(9-18)19-14)10-11-5-7-12(8-6-11)21(24)25/h5-8H,3-4,9-10H2,1-2H3. The van der Waals surface area contributed by atoms with Gasteiger partial charge in [0.05, 0.1) is 23.5 Å². The number of nitrogens with zero attached hydrogens (tertiary/aromatic N) is 3. The molecule has 0 atom stereocenters. The number of nitro groups is 1. The molecule has 0 aliphatic rings. The van der Waals surface area contributed by atoms with Gasteiger partial charge >= 0.3 is 11.9 Å². The largest absolute Gasteiger partial charge is 0.461 e. The number of non-ortho nitro benzene ring substituents is 1. The Morgan fingerprint density at radius 1 is 1.15 bits per heavy atom. The van der Waals surface area contributed by atoms with E-state index in [1.54, 1.807) is 30.5 Å². The number of carbonyl (C=O) groups is 2. The summed E-state index contributed by atoms with van der Waals surface area (Å²) < 4.78 is 11.6. The lowest BCUT2D eigenvalue weighted by atomic mass is 10.2. The van der Waals surface area contributed by atoms with E-state index in [1.165, 1.54) is 12.1 Å². The van der Waals surface area contributed by atoms with Crippen LogP contribution in [0.25, 0.3) is 0 Å². The molecule has 10 heteroatoms. The van der Waals surface area contributed by atoms with Crippen LogP contribution in [0.15, 0.2) is 24.3 Å². The van der Waals surface area contributed by atoms with Gasteiger partial charge in [-0.05, 0) is 19.4 Å². The summed E-state index contributed by atoms with van der Waals surface area (Å²) in [4.78, 5) is 39.2. The number of nitro benzene ring substituents is 1. The van der Waals surface area contributed by atoms with Crippen LogP contribution in [0.3, 0.4) is 0 Å². The lowest BCUT2D eigenvalue weighted by molar-refractivity contribution is -0.384. The van der Waals surface area contributed by atoms with Crippen molar-refractivity contribution in [2.75, 3.05) is 13.2 Å². The van der Waals surface area contributed by atoms with Crippen molar-refractivity contribution < 1.29 is 24.0 Å². The molecule has 0 saturated carbocycles. The maximum absolute atomic E-state index is 12.5. The summed E-state index contributed by atoms with van der Waals surface area (Å²) in [6, 6.07) is 5.90. The first kappa shape index (κ1) is 20.6. The first-order valence-electron chi connectivity index (χ1n) is 8.15. The molecular formula is C17H18BrN3O6. The van der Waals surface area contributed by atoms with Gasteiger partial charge in [-0.3, -0.25) is 10.1 Å². The zero-order valence-corrected chi connectivity index (χ0v) is 16.4. The SMILES string of the molecule is CCOC(=O)c1nc(CBr)n(Cc2ccc([N+](=O)[O-])cc2)c1C(=O)OCC. The number of imidazole rings is 1. The van der Waals surface area contributed by atoms with Crippen molar-refractivity contribution in [3.63, 3.8) is 0 Å². The Hall–Kier alpha value is -2.75. The summed E-state index contributed by atoms with van der Waals surface area (Å²) in [5.41, 5.74) is 0.527. The van der Waals surface area contributed by atoms with E-state index in [0.717, 1.165) is 0 Å². The molecule has 0 aliphatic carbocycles. The third kappa shape index (κ3) is 4.70. The highest BCUT2D eigenvalue weighted by atomic mass is 79.9. The van der Waals surface area contributed by atoms with E-state index in [9.17, 15) is 19.7 Å². The minimum absolute atomic E-state index is 0.0110. The molecule has 2 rings (SSSR count). The zero-order valence-electron chi connectivity index (χ0n) is 14.8. The van der Waals surface area contributed by atoms with Crippen molar-refractivity contribution in [2.24, 2.45) is 0 Å². The number of aromatic nitrogens is 2. The lowest BCUT2D eigenvalue weighted by Crippen LogP contribution is -2.18. The van der Waals surface area contributed by atoms with Crippen molar-refractivity contribution >= 4 is 33.6 Å². The Balaban J connectivity index is 2.50. The molecule has 0 N–H and O–H groups in total. The van der Waals surface area contributed by atoms with Crippen LogP contribution in [0.2, 0.25) is 0 Å². The summed E-state index contributed by atoms with van der Waals surface area (Å²) in [6.07, 6.45) is 0. The van der Waals surface area contributed by atoms with Crippen LogP contribution in [0.1, 0.15) is 46.2 Å². The highest BCUT2D eigenvalue weighted by Crippen LogP contribution is 2.20. The molecular weight excluding hydrogens is 422 g/mol.